The first kappa shape index (κ1) is 15.7. The average Bonchev–Trinajstić information content (AvgIpc) is 2.72. The van der Waals surface area contributed by atoms with Gasteiger partial charge in [0.15, 0.2) is 0 Å². The molecule has 108 valence electrons. The van der Waals surface area contributed by atoms with E-state index in [-0.39, 0.29) is 24.3 Å². The normalized spacial score (nSPS) is 11.4. The Hall–Kier alpha value is -0.660. The van der Waals surface area contributed by atoms with Crippen LogP contribution in [0.15, 0.2) is 29.2 Å². The second-order valence-corrected chi connectivity index (χ2v) is 7.98. The summed E-state index contributed by atoms with van der Waals surface area (Å²) in [5.74, 6) is 0.474. The molecule has 4 nitrogen and oxygen atoms in total. The van der Waals surface area contributed by atoms with Gasteiger partial charge in [0.2, 0.25) is 0 Å². The topological polar surface area (TPSA) is 55.4 Å². The first-order chi connectivity index (χ1) is 9.33. The molecule has 20 heavy (non-hydrogen) atoms. The van der Waals surface area contributed by atoms with Crippen molar-refractivity contribution in [3.63, 3.8) is 0 Å². The van der Waals surface area contributed by atoms with Crippen LogP contribution in [0.3, 0.4) is 0 Å². The highest BCUT2D eigenvalue weighted by molar-refractivity contribution is 7.93. The van der Waals surface area contributed by atoms with Crippen LogP contribution in [0.1, 0.15) is 0 Å². The maximum Gasteiger partial charge on any atom is 0.264 e. The number of ether oxygens (including phenoxy) is 1. The Kier molecular flexibility index (Phi) is 4.71. The zero-order chi connectivity index (χ0) is 14.9. The number of nitrogens with one attached hydrogen (secondary N) is 1. The van der Waals surface area contributed by atoms with Crippen molar-refractivity contribution >= 4 is 61.9 Å². The van der Waals surface area contributed by atoms with E-state index in [0.29, 0.717) is 5.75 Å². The Morgan fingerprint density at radius 3 is 2.45 bits per heavy atom. The summed E-state index contributed by atoms with van der Waals surface area (Å²) in [4.78, 5) is -0.0898. The van der Waals surface area contributed by atoms with Crippen molar-refractivity contribution in [1.29, 1.82) is 0 Å². The minimum atomic E-state index is -3.87. The van der Waals surface area contributed by atoms with Gasteiger partial charge in [-0.15, -0.1) is 11.3 Å². The second kappa shape index (κ2) is 5.99. The van der Waals surface area contributed by atoms with Gasteiger partial charge in [-0.25, -0.2) is 8.42 Å². The number of sulfonamides is 1. The van der Waals surface area contributed by atoms with Crippen LogP contribution in [0, 0.1) is 0 Å². The average molecular weight is 373 g/mol. The maximum absolute atomic E-state index is 12.2. The molecule has 0 aliphatic carbocycles. The molecule has 0 bridgehead atoms. The molecule has 0 radical (unpaired) electrons. The third-order valence-corrected chi connectivity index (χ3v) is 5.78. The highest BCUT2D eigenvalue weighted by Gasteiger charge is 2.22. The highest BCUT2D eigenvalue weighted by Crippen LogP contribution is 2.36. The monoisotopic (exact) mass is 371 g/mol. The number of thiophene rings is 1. The molecule has 2 aromatic rings. The van der Waals surface area contributed by atoms with Gasteiger partial charge < -0.3 is 4.74 Å². The van der Waals surface area contributed by atoms with Crippen molar-refractivity contribution in [2.24, 2.45) is 0 Å². The number of halogens is 3. The maximum atomic E-state index is 12.2. The molecule has 0 atom stereocenters. The number of anilines is 1. The molecule has 0 aliphatic rings. The fourth-order valence-corrected chi connectivity index (χ4v) is 4.86. The summed E-state index contributed by atoms with van der Waals surface area (Å²) in [6.07, 6.45) is 0. The molecule has 1 aromatic carbocycles. The fraction of sp³-hybridized carbons (Fsp3) is 0.0909. The van der Waals surface area contributed by atoms with Crippen LogP contribution < -0.4 is 9.46 Å². The van der Waals surface area contributed by atoms with E-state index < -0.39 is 10.0 Å². The lowest BCUT2D eigenvalue weighted by molar-refractivity contribution is 0.415. The van der Waals surface area contributed by atoms with Gasteiger partial charge in [0, 0.05) is 6.07 Å². The second-order valence-electron chi connectivity index (χ2n) is 3.64. The Morgan fingerprint density at radius 2 is 1.90 bits per heavy atom. The summed E-state index contributed by atoms with van der Waals surface area (Å²) in [6.45, 7) is 0. The largest absolute Gasteiger partial charge is 0.497 e. The predicted octanol–water partition coefficient (Wildman–Crippen LogP) is 4.52. The zero-order valence-corrected chi connectivity index (χ0v) is 13.9. The zero-order valence-electron chi connectivity index (χ0n) is 9.98. The molecule has 1 aromatic heterocycles. The molecular weight excluding hydrogens is 365 g/mol. The summed E-state index contributed by atoms with van der Waals surface area (Å²) < 4.78 is 32.2. The molecule has 0 aliphatic heterocycles. The van der Waals surface area contributed by atoms with Crippen molar-refractivity contribution in [3.8, 4) is 5.75 Å². The molecule has 0 saturated heterocycles. The number of rotatable bonds is 4. The fourth-order valence-electron chi connectivity index (χ4n) is 1.42. The number of hydrogen-bond donors (Lipinski definition) is 1. The summed E-state index contributed by atoms with van der Waals surface area (Å²) in [5.41, 5.74) is 0.199. The minimum absolute atomic E-state index is 0.0847. The van der Waals surface area contributed by atoms with Gasteiger partial charge >= 0.3 is 0 Å². The summed E-state index contributed by atoms with van der Waals surface area (Å²) in [7, 11) is -2.40. The van der Waals surface area contributed by atoms with Gasteiger partial charge in [-0.3, -0.25) is 4.72 Å². The van der Waals surface area contributed by atoms with Gasteiger partial charge in [-0.05, 0) is 18.2 Å². The SMILES string of the molecule is COc1ccc(Cl)c(NS(=O)(=O)c2cc(Cl)sc2Cl)c1. The number of hydrogen-bond acceptors (Lipinski definition) is 4. The number of methoxy groups -OCH3 is 1. The van der Waals surface area contributed by atoms with Crippen LogP contribution in [-0.4, -0.2) is 15.5 Å². The molecule has 0 fully saturated rings. The van der Waals surface area contributed by atoms with Crippen molar-refractivity contribution < 1.29 is 13.2 Å². The summed E-state index contributed by atoms with van der Waals surface area (Å²) >= 11 is 18.5. The quantitative estimate of drug-likeness (QED) is 0.858. The standard InChI is InChI=1S/C11H8Cl3NO3S2/c1-18-6-2-3-7(12)8(4-6)15-20(16,17)9-5-10(13)19-11(9)14/h2-5,15H,1H3. The smallest absolute Gasteiger partial charge is 0.264 e. The van der Waals surface area contributed by atoms with Crippen molar-refractivity contribution in [1.82, 2.24) is 0 Å². The van der Waals surface area contributed by atoms with Gasteiger partial charge in [0.05, 0.1) is 22.2 Å². The highest BCUT2D eigenvalue weighted by atomic mass is 35.5. The van der Waals surface area contributed by atoms with Crippen LogP contribution in [0.4, 0.5) is 5.69 Å². The molecule has 0 spiro atoms. The van der Waals surface area contributed by atoms with E-state index >= 15 is 0 Å². The van der Waals surface area contributed by atoms with E-state index in [4.69, 9.17) is 39.5 Å². The molecule has 1 heterocycles. The molecule has 9 heteroatoms. The van der Waals surface area contributed by atoms with Gasteiger partial charge in [0.1, 0.15) is 15.0 Å². The summed E-state index contributed by atoms with van der Waals surface area (Å²) in [6, 6.07) is 5.90. The van der Waals surface area contributed by atoms with Crippen LogP contribution in [0.25, 0.3) is 0 Å². The van der Waals surface area contributed by atoms with E-state index in [1.165, 1.54) is 25.3 Å². The van der Waals surface area contributed by atoms with Gasteiger partial charge in [-0.2, -0.15) is 0 Å². The van der Waals surface area contributed by atoms with E-state index in [1.54, 1.807) is 6.07 Å². The van der Waals surface area contributed by atoms with Gasteiger partial charge in [0.25, 0.3) is 10.0 Å². The first-order valence-electron chi connectivity index (χ1n) is 5.14. The molecule has 0 saturated carbocycles. The van der Waals surface area contributed by atoms with Crippen LogP contribution in [0.5, 0.6) is 5.75 Å². The van der Waals surface area contributed by atoms with Crippen molar-refractivity contribution in [2.75, 3.05) is 11.8 Å². The van der Waals surface area contributed by atoms with E-state index in [0.717, 1.165) is 11.3 Å². The minimum Gasteiger partial charge on any atom is -0.497 e. The van der Waals surface area contributed by atoms with Gasteiger partial charge in [-0.1, -0.05) is 34.8 Å². The molecular formula is C11H8Cl3NO3S2. The Bertz CT molecular complexity index is 743. The lowest BCUT2D eigenvalue weighted by Crippen LogP contribution is -2.13. The molecule has 1 N–H and O–H groups in total. The molecule has 2 rings (SSSR count). The van der Waals surface area contributed by atoms with E-state index in [2.05, 4.69) is 4.72 Å². The molecule has 0 amide bonds. The third-order valence-electron chi connectivity index (χ3n) is 2.33. The Balaban J connectivity index is 2.40. The Morgan fingerprint density at radius 1 is 1.20 bits per heavy atom. The predicted molar refractivity (Wildman–Crippen MR) is 83.2 cm³/mol. The van der Waals surface area contributed by atoms with Crippen LogP contribution in [0.2, 0.25) is 13.7 Å². The lowest BCUT2D eigenvalue weighted by Gasteiger charge is -2.10. The van der Waals surface area contributed by atoms with Crippen molar-refractivity contribution in [3.05, 3.63) is 38.0 Å². The first-order valence-corrected chi connectivity index (χ1v) is 8.58. The van der Waals surface area contributed by atoms with E-state index in [1.807, 2.05) is 0 Å². The third kappa shape index (κ3) is 3.32. The van der Waals surface area contributed by atoms with Crippen molar-refractivity contribution in [2.45, 2.75) is 4.90 Å². The van der Waals surface area contributed by atoms with Crippen LogP contribution >= 0.6 is 46.1 Å². The van der Waals surface area contributed by atoms with Crippen LogP contribution in [-0.2, 0) is 10.0 Å². The lowest BCUT2D eigenvalue weighted by atomic mass is 10.3. The Labute approximate surface area is 135 Å². The summed E-state index contributed by atoms with van der Waals surface area (Å²) in [5, 5.41) is 0.242. The van der Waals surface area contributed by atoms with E-state index in [9.17, 15) is 8.42 Å². The number of benzene rings is 1. The molecule has 0 unspecified atom stereocenters.